The maximum atomic E-state index is 12.3. The third kappa shape index (κ3) is 4.76. The molecule has 0 atom stereocenters. The van der Waals surface area contributed by atoms with E-state index in [2.05, 4.69) is 5.32 Å². The van der Waals surface area contributed by atoms with E-state index in [0.29, 0.717) is 16.6 Å². The molecule has 140 valence electrons. The molecule has 0 unspecified atom stereocenters. The smallest absolute Gasteiger partial charge is 0.254 e. The molecule has 2 aromatic carbocycles. The van der Waals surface area contributed by atoms with Gasteiger partial charge < -0.3 is 9.88 Å². The first kappa shape index (κ1) is 20.7. The minimum Gasteiger partial charge on any atom is -0.348 e. The molecule has 0 saturated heterocycles. The van der Waals surface area contributed by atoms with Crippen LogP contribution in [0.2, 0.25) is 10.0 Å². The van der Waals surface area contributed by atoms with E-state index in [9.17, 15) is 9.59 Å². The number of benzene rings is 2. The molecule has 0 spiro atoms. The van der Waals surface area contributed by atoms with E-state index in [4.69, 9.17) is 23.2 Å². The Kier molecular flexibility index (Phi) is 6.77. The van der Waals surface area contributed by atoms with Crippen molar-refractivity contribution in [2.75, 3.05) is 0 Å². The molecule has 0 fully saturated rings. The second-order valence-corrected chi connectivity index (χ2v) is 6.66. The lowest BCUT2D eigenvalue weighted by Crippen LogP contribution is -2.23. The van der Waals surface area contributed by atoms with Crippen LogP contribution in [-0.2, 0) is 13.6 Å². The fraction of sp³-hybridized carbons (Fsp3) is 0.100. The van der Waals surface area contributed by atoms with Crippen molar-refractivity contribution in [3.05, 3.63) is 92.3 Å². The number of carbonyl (C=O) groups is 1. The molecule has 0 aliphatic heterocycles. The van der Waals surface area contributed by atoms with Gasteiger partial charge in [0, 0.05) is 25.9 Å². The SMILES string of the molecule is Cn1ccc(-c2ccc(CNC(=O)c3c(Cl)cccc3Cl)cc2)cc1=O.F. The monoisotopic (exact) mass is 406 g/mol. The van der Waals surface area contributed by atoms with Crippen LogP contribution in [0.4, 0.5) is 4.70 Å². The van der Waals surface area contributed by atoms with E-state index < -0.39 is 0 Å². The summed E-state index contributed by atoms with van der Waals surface area (Å²) in [5.41, 5.74) is 2.93. The number of aromatic nitrogens is 1. The minimum atomic E-state index is -0.323. The Labute approximate surface area is 165 Å². The molecule has 0 bridgehead atoms. The minimum absolute atomic E-state index is 0. The van der Waals surface area contributed by atoms with Crippen LogP contribution in [0.15, 0.2) is 65.6 Å². The lowest BCUT2D eigenvalue weighted by Gasteiger charge is -2.09. The second-order valence-electron chi connectivity index (χ2n) is 5.84. The standard InChI is InChI=1S/C20H16Cl2N2O2.FH/c1-24-10-9-15(11-18(24)25)14-7-5-13(6-8-14)12-23-20(26)19-16(21)3-2-4-17(19)22;/h2-11H,12H2,1H3,(H,23,26);1H. The zero-order valence-electron chi connectivity index (χ0n) is 14.4. The average molecular weight is 407 g/mol. The van der Waals surface area contributed by atoms with Gasteiger partial charge in [0.05, 0.1) is 15.6 Å². The summed E-state index contributed by atoms with van der Waals surface area (Å²) in [6.07, 6.45) is 1.74. The Morgan fingerprint density at radius 3 is 2.22 bits per heavy atom. The predicted molar refractivity (Wildman–Crippen MR) is 107 cm³/mol. The van der Waals surface area contributed by atoms with Gasteiger partial charge >= 0.3 is 0 Å². The number of hydrogen-bond donors (Lipinski definition) is 1. The van der Waals surface area contributed by atoms with Crippen molar-refractivity contribution >= 4 is 29.1 Å². The molecule has 0 radical (unpaired) electrons. The molecule has 4 nitrogen and oxygen atoms in total. The molecular formula is C20H17Cl2FN2O2. The molecular weight excluding hydrogens is 390 g/mol. The van der Waals surface area contributed by atoms with Crippen molar-refractivity contribution in [2.24, 2.45) is 7.05 Å². The van der Waals surface area contributed by atoms with Gasteiger partial charge in [0.15, 0.2) is 0 Å². The summed E-state index contributed by atoms with van der Waals surface area (Å²) in [5.74, 6) is -0.323. The van der Waals surface area contributed by atoms with E-state index in [0.717, 1.165) is 16.7 Å². The third-order valence-corrected chi connectivity index (χ3v) is 4.66. The normalized spacial score (nSPS) is 10.2. The van der Waals surface area contributed by atoms with Crippen LogP contribution in [-0.4, -0.2) is 10.5 Å². The fourth-order valence-corrected chi connectivity index (χ4v) is 3.10. The van der Waals surface area contributed by atoms with Crippen LogP contribution in [0, 0.1) is 0 Å². The highest BCUT2D eigenvalue weighted by Gasteiger charge is 2.14. The van der Waals surface area contributed by atoms with E-state index in [1.54, 1.807) is 37.5 Å². The fourth-order valence-electron chi connectivity index (χ4n) is 2.53. The van der Waals surface area contributed by atoms with Gasteiger partial charge in [-0.25, -0.2) is 0 Å². The number of aryl methyl sites for hydroxylation is 1. The largest absolute Gasteiger partial charge is 0.348 e. The van der Waals surface area contributed by atoms with Gasteiger partial charge in [0.25, 0.3) is 11.5 Å². The van der Waals surface area contributed by atoms with Gasteiger partial charge in [-0.15, -0.1) is 0 Å². The number of nitrogens with one attached hydrogen (secondary N) is 1. The van der Waals surface area contributed by atoms with Gasteiger partial charge in [-0.1, -0.05) is 53.5 Å². The van der Waals surface area contributed by atoms with Gasteiger partial charge in [0.1, 0.15) is 0 Å². The first-order valence-corrected chi connectivity index (χ1v) is 8.69. The average Bonchev–Trinajstić information content (AvgIpc) is 2.62. The molecule has 0 aliphatic carbocycles. The van der Waals surface area contributed by atoms with Crippen molar-refractivity contribution in [2.45, 2.75) is 6.54 Å². The molecule has 27 heavy (non-hydrogen) atoms. The number of amides is 1. The van der Waals surface area contributed by atoms with Gasteiger partial charge in [-0.05, 0) is 34.9 Å². The topological polar surface area (TPSA) is 51.1 Å². The Bertz CT molecular complexity index is 997. The van der Waals surface area contributed by atoms with E-state index in [-0.39, 0.29) is 21.7 Å². The van der Waals surface area contributed by atoms with Crippen LogP contribution >= 0.6 is 23.2 Å². The Hall–Kier alpha value is -2.63. The van der Waals surface area contributed by atoms with Crippen LogP contribution in [0.25, 0.3) is 11.1 Å². The first-order valence-electron chi connectivity index (χ1n) is 7.94. The molecule has 3 rings (SSSR count). The molecule has 1 N–H and O–H groups in total. The number of hydrogen-bond acceptors (Lipinski definition) is 2. The molecule has 0 aliphatic rings. The van der Waals surface area contributed by atoms with Crippen LogP contribution in [0.1, 0.15) is 15.9 Å². The highest BCUT2D eigenvalue weighted by molar-refractivity contribution is 6.39. The summed E-state index contributed by atoms with van der Waals surface area (Å²) in [4.78, 5) is 24.0. The quantitative estimate of drug-likeness (QED) is 0.695. The summed E-state index contributed by atoms with van der Waals surface area (Å²) >= 11 is 12.1. The second kappa shape index (κ2) is 8.84. The van der Waals surface area contributed by atoms with Gasteiger partial charge in [-0.3, -0.25) is 14.3 Å². The summed E-state index contributed by atoms with van der Waals surface area (Å²) < 4.78 is 1.52. The Balaban J connectivity index is 0.00000261. The van der Waals surface area contributed by atoms with E-state index in [1.807, 2.05) is 30.3 Å². The predicted octanol–water partition coefficient (Wildman–Crippen LogP) is 4.44. The van der Waals surface area contributed by atoms with E-state index in [1.165, 1.54) is 4.57 Å². The summed E-state index contributed by atoms with van der Waals surface area (Å²) in [5, 5.41) is 3.44. The molecule has 1 amide bonds. The van der Waals surface area contributed by atoms with Crippen molar-refractivity contribution in [1.29, 1.82) is 0 Å². The van der Waals surface area contributed by atoms with Crippen molar-refractivity contribution in [3.8, 4) is 11.1 Å². The maximum absolute atomic E-state index is 12.3. The van der Waals surface area contributed by atoms with Crippen LogP contribution in [0.3, 0.4) is 0 Å². The molecule has 3 aromatic rings. The summed E-state index contributed by atoms with van der Waals surface area (Å²) in [6, 6.07) is 16.1. The molecule has 1 heterocycles. The maximum Gasteiger partial charge on any atom is 0.254 e. The highest BCUT2D eigenvalue weighted by atomic mass is 35.5. The third-order valence-electron chi connectivity index (χ3n) is 4.03. The lowest BCUT2D eigenvalue weighted by atomic mass is 10.0. The highest BCUT2D eigenvalue weighted by Crippen LogP contribution is 2.24. The number of pyridine rings is 1. The first-order chi connectivity index (χ1) is 12.5. The number of rotatable bonds is 4. The van der Waals surface area contributed by atoms with Crippen molar-refractivity contribution < 1.29 is 9.50 Å². The van der Waals surface area contributed by atoms with E-state index >= 15 is 0 Å². The zero-order valence-corrected chi connectivity index (χ0v) is 15.9. The number of halogens is 3. The molecule has 7 heteroatoms. The summed E-state index contributed by atoms with van der Waals surface area (Å²) in [7, 11) is 1.71. The van der Waals surface area contributed by atoms with Gasteiger partial charge in [0.2, 0.25) is 0 Å². The Morgan fingerprint density at radius 1 is 1.00 bits per heavy atom. The molecule has 0 saturated carbocycles. The number of nitrogens with zero attached hydrogens (tertiary/aromatic N) is 1. The summed E-state index contributed by atoms with van der Waals surface area (Å²) in [6.45, 7) is 0.344. The molecule has 1 aromatic heterocycles. The number of carbonyl (C=O) groups excluding carboxylic acids is 1. The van der Waals surface area contributed by atoms with Crippen molar-refractivity contribution in [1.82, 2.24) is 9.88 Å². The Morgan fingerprint density at radius 2 is 1.63 bits per heavy atom. The lowest BCUT2D eigenvalue weighted by molar-refractivity contribution is 0.0951. The van der Waals surface area contributed by atoms with Crippen LogP contribution < -0.4 is 10.9 Å². The van der Waals surface area contributed by atoms with Gasteiger partial charge in [-0.2, -0.15) is 0 Å². The van der Waals surface area contributed by atoms with Crippen molar-refractivity contribution in [3.63, 3.8) is 0 Å². The zero-order chi connectivity index (χ0) is 18.7. The van der Waals surface area contributed by atoms with Crippen LogP contribution in [0.5, 0.6) is 0 Å².